The number of ether oxygens (including phenoxy) is 1. The molecular formula is C14H17FN2O2S. The third-order valence-corrected chi connectivity index (χ3v) is 4.21. The summed E-state index contributed by atoms with van der Waals surface area (Å²) in [6.07, 6.45) is 0.724. The summed E-state index contributed by atoms with van der Waals surface area (Å²) >= 11 is 1.27. The number of halogens is 1. The summed E-state index contributed by atoms with van der Waals surface area (Å²) in [5, 5.41) is 3.45. The molecule has 0 saturated heterocycles. The Labute approximate surface area is 120 Å². The van der Waals surface area contributed by atoms with Gasteiger partial charge in [-0.2, -0.15) is 0 Å². The fourth-order valence-electron chi connectivity index (χ4n) is 1.91. The van der Waals surface area contributed by atoms with Crippen molar-refractivity contribution in [3.63, 3.8) is 0 Å². The van der Waals surface area contributed by atoms with Gasteiger partial charge in [0.05, 0.1) is 5.69 Å². The van der Waals surface area contributed by atoms with Crippen molar-refractivity contribution in [2.45, 2.75) is 19.4 Å². The smallest absolute Gasteiger partial charge is 0.263 e. The number of amides is 1. The Hall–Kier alpha value is -1.66. The summed E-state index contributed by atoms with van der Waals surface area (Å²) in [7, 11) is 1.62. The zero-order valence-corrected chi connectivity index (χ0v) is 12.2. The molecule has 1 heterocycles. The van der Waals surface area contributed by atoms with Crippen LogP contribution in [0.5, 0.6) is 0 Å². The molecule has 2 rings (SSSR count). The van der Waals surface area contributed by atoms with Gasteiger partial charge in [0.25, 0.3) is 5.91 Å². The average Bonchev–Trinajstić information content (AvgIpc) is 2.74. The number of hydrogen-bond donors (Lipinski definition) is 2. The van der Waals surface area contributed by atoms with Gasteiger partial charge in [-0.15, -0.1) is 11.3 Å². The van der Waals surface area contributed by atoms with E-state index >= 15 is 0 Å². The number of thiophene rings is 1. The molecule has 0 radical (unpaired) electrons. The molecule has 108 valence electrons. The molecule has 0 aliphatic heterocycles. The number of hydrogen-bond acceptors (Lipinski definition) is 4. The monoisotopic (exact) mass is 296 g/mol. The van der Waals surface area contributed by atoms with Crippen LogP contribution in [0.2, 0.25) is 0 Å². The Balaban J connectivity index is 2.20. The molecule has 1 aromatic carbocycles. The fourth-order valence-corrected chi connectivity index (χ4v) is 2.92. The maximum atomic E-state index is 13.2. The van der Waals surface area contributed by atoms with E-state index in [4.69, 9.17) is 10.5 Å². The first-order valence-corrected chi connectivity index (χ1v) is 7.12. The normalized spacial score (nSPS) is 12.6. The highest BCUT2D eigenvalue weighted by molar-refractivity contribution is 7.21. The van der Waals surface area contributed by atoms with Gasteiger partial charge in [-0.1, -0.05) is 0 Å². The van der Waals surface area contributed by atoms with Gasteiger partial charge in [-0.25, -0.2) is 4.39 Å². The summed E-state index contributed by atoms with van der Waals surface area (Å²) in [5.74, 6) is -0.588. The Kier molecular flexibility index (Phi) is 4.57. The maximum absolute atomic E-state index is 13.2. The van der Waals surface area contributed by atoms with Crippen LogP contribution in [-0.2, 0) is 4.74 Å². The molecule has 0 fully saturated rings. The van der Waals surface area contributed by atoms with Crippen molar-refractivity contribution in [3.8, 4) is 0 Å². The third kappa shape index (κ3) is 3.08. The highest BCUT2D eigenvalue weighted by Gasteiger charge is 2.18. The van der Waals surface area contributed by atoms with E-state index in [1.165, 1.54) is 23.5 Å². The molecule has 0 saturated carbocycles. The summed E-state index contributed by atoms with van der Waals surface area (Å²) in [6, 6.07) is 4.34. The van der Waals surface area contributed by atoms with Crippen molar-refractivity contribution in [3.05, 3.63) is 28.9 Å². The largest absolute Gasteiger partial charge is 0.397 e. The molecule has 3 N–H and O–H groups in total. The summed E-state index contributed by atoms with van der Waals surface area (Å²) in [6.45, 7) is 2.48. The Morgan fingerprint density at radius 2 is 2.30 bits per heavy atom. The van der Waals surface area contributed by atoms with Crippen LogP contribution in [0.25, 0.3) is 10.1 Å². The van der Waals surface area contributed by atoms with Crippen LogP contribution in [-0.4, -0.2) is 25.7 Å². The van der Waals surface area contributed by atoms with Gasteiger partial charge in [-0.05, 0) is 31.5 Å². The van der Waals surface area contributed by atoms with Gasteiger partial charge in [-0.3, -0.25) is 4.79 Å². The second-order valence-electron chi connectivity index (χ2n) is 4.64. The number of carbonyl (C=O) groups excluding carboxylic acids is 1. The fraction of sp³-hybridized carbons (Fsp3) is 0.357. The molecule has 0 aliphatic rings. The molecule has 6 heteroatoms. The molecule has 1 amide bonds. The highest BCUT2D eigenvalue weighted by atomic mass is 32.1. The first-order chi connectivity index (χ1) is 9.52. The predicted molar refractivity (Wildman–Crippen MR) is 79.6 cm³/mol. The number of anilines is 1. The van der Waals surface area contributed by atoms with Gasteiger partial charge in [0.1, 0.15) is 10.7 Å². The first-order valence-electron chi connectivity index (χ1n) is 6.30. The van der Waals surface area contributed by atoms with E-state index < -0.39 is 0 Å². The number of methoxy groups -OCH3 is 1. The third-order valence-electron chi connectivity index (χ3n) is 3.03. The van der Waals surface area contributed by atoms with Crippen molar-refractivity contribution in [2.75, 3.05) is 19.5 Å². The molecule has 0 spiro atoms. The minimum Gasteiger partial charge on any atom is -0.397 e. The number of carbonyl (C=O) groups is 1. The van der Waals surface area contributed by atoms with E-state index in [0.717, 1.165) is 11.1 Å². The quantitative estimate of drug-likeness (QED) is 0.891. The number of nitrogens with two attached hydrogens (primary N) is 1. The van der Waals surface area contributed by atoms with Crippen molar-refractivity contribution in [1.29, 1.82) is 0 Å². The maximum Gasteiger partial charge on any atom is 0.263 e. The topological polar surface area (TPSA) is 64.3 Å². The van der Waals surface area contributed by atoms with Gasteiger partial charge in [0.2, 0.25) is 0 Å². The van der Waals surface area contributed by atoms with Crippen LogP contribution in [0.15, 0.2) is 18.2 Å². The summed E-state index contributed by atoms with van der Waals surface area (Å²) in [5.41, 5.74) is 6.28. The Bertz CT molecular complexity index is 627. The van der Waals surface area contributed by atoms with Crippen molar-refractivity contribution >= 4 is 33.0 Å². The van der Waals surface area contributed by atoms with Crippen molar-refractivity contribution < 1.29 is 13.9 Å². The second kappa shape index (κ2) is 6.19. The number of rotatable bonds is 5. The predicted octanol–water partition coefficient (Wildman–Crippen LogP) is 2.78. The lowest BCUT2D eigenvalue weighted by atomic mass is 10.2. The van der Waals surface area contributed by atoms with E-state index in [1.807, 2.05) is 6.92 Å². The molecule has 1 unspecified atom stereocenters. The van der Waals surface area contributed by atoms with Crippen LogP contribution >= 0.6 is 11.3 Å². The lowest BCUT2D eigenvalue weighted by molar-refractivity contribution is 0.0934. The number of fused-ring (bicyclic) bond motifs is 1. The lowest BCUT2D eigenvalue weighted by Crippen LogP contribution is -2.33. The Morgan fingerprint density at radius 3 is 3.00 bits per heavy atom. The van der Waals surface area contributed by atoms with Gasteiger partial charge >= 0.3 is 0 Å². The number of nitrogen functional groups attached to an aromatic ring is 1. The first kappa shape index (κ1) is 14.7. The minimum absolute atomic E-state index is 0.0104. The van der Waals surface area contributed by atoms with E-state index in [2.05, 4.69) is 5.32 Å². The van der Waals surface area contributed by atoms with E-state index in [1.54, 1.807) is 13.2 Å². The van der Waals surface area contributed by atoms with E-state index in [9.17, 15) is 9.18 Å². The molecular weight excluding hydrogens is 279 g/mol. The molecule has 0 bridgehead atoms. The summed E-state index contributed by atoms with van der Waals surface area (Å²) < 4.78 is 19.0. The standard InChI is InChI=1S/C14H17FN2O2S/c1-8(5-6-19-2)17-14(18)13-12(16)10-7-9(15)3-4-11(10)20-13/h3-4,7-8H,5-6,16H2,1-2H3,(H,17,18). The van der Waals surface area contributed by atoms with Crippen LogP contribution < -0.4 is 11.1 Å². The SMILES string of the molecule is COCCC(C)NC(=O)c1sc2ccc(F)cc2c1N. The molecule has 1 aromatic heterocycles. The second-order valence-corrected chi connectivity index (χ2v) is 5.69. The minimum atomic E-state index is -0.359. The zero-order valence-electron chi connectivity index (χ0n) is 11.4. The highest BCUT2D eigenvalue weighted by Crippen LogP contribution is 2.34. The van der Waals surface area contributed by atoms with Gasteiger partial charge in [0, 0.05) is 29.8 Å². The van der Waals surface area contributed by atoms with Crippen molar-refractivity contribution in [2.24, 2.45) is 0 Å². The van der Waals surface area contributed by atoms with Crippen LogP contribution in [0.4, 0.5) is 10.1 Å². The number of nitrogens with one attached hydrogen (secondary N) is 1. The lowest BCUT2D eigenvalue weighted by Gasteiger charge is -2.12. The van der Waals surface area contributed by atoms with Crippen molar-refractivity contribution in [1.82, 2.24) is 5.32 Å². The van der Waals surface area contributed by atoms with Gasteiger partial charge < -0.3 is 15.8 Å². The summed E-state index contributed by atoms with van der Waals surface area (Å²) in [4.78, 5) is 12.6. The van der Waals surface area contributed by atoms with E-state index in [-0.39, 0.29) is 17.8 Å². The van der Waals surface area contributed by atoms with Crippen LogP contribution in [0.3, 0.4) is 0 Å². The van der Waals surface area contributed by atoms with E-state index in [0.29, 0.717) is 22.6 Å². The molecule has 2 aromatic rings. The van der Waals surface area contributed by atoms with Crippen LogP contribution in [0.1, 0.15) is 23.0 Å². The molecule has 4 nitrogen and oxygen atoms in total. The zero-order chi connectivity index (χ0) is 14.7. The molecule has 1 atom stereocenters. The number of benzene rings is 1. The van der Waals surface area contributed by atoms with Crippen LogP contribution in [0, 0.1) is 5.82 Å². The molecule has 20 heavy (non-hydrogen) atoms. The average molecular weight is 296 g/mol. The molecule has 0 aliphatic carbocycles. The van der Waals surface area contributed by atoms with Gasteiger partial charge in [0.15, 0.2) is 0 Å². The Morgan fingerprint density at radius 1 is 1.55 bits per heavy atom.